The molecule has 44 heavy (non-hydrogen) atoms. The van der Waals surface area contributed by atoms with Gasteiger partial charge in [0.2, 0.25) is 0 Å². The number of anilines is 1. The molecule has 0 spiro atoms. The zero-order valence-electron chi connectivity index (χ0n) is 24.8. The van der Waals surface area contributed by atoms with Gasteiger partial charge < -0.3 is 20.6 Å². The number of benzene rings is 3. The molecule has 11 heteroatoms. The summed E-state index contributed by atoms with van der Waals surface area (Å²) in [5.74, 6) is -2.59. The van der Waals surface area contributed by atoms with E-state index in [0.717, 1.165) is 16.7 Å². The largest absolute Gasteiger partial charge is 0.481 e. The van der Waals surface area contributed by atoms with Crippen LogP contribution in [0.15, 0.2) is 83.8 Å². The molecule has 3 aromatic rings. The highest BCUT2D eigenvalue weighted by Gasteiger charge is 2.23. The smallest absolute Gasteiger partial charge is 0.309 e. The molecule has 3 N–H and O–H groups in total. The van der Waals surface area contributed by atoms with E-state index in [1.165, 1.54) is 36.4 Å². The summed E-state index contributed by atoms with van der Waals surface area (Å²) in [4.78, 5) is 25.0. The minimum atomic E-state index is -1.44. The Morgan fingerprint density at radius 2 is 1.52 bits per heavy atom. The molecule has 1 amide bonds. The SMILES string of the molecule is C/C(=C(\C(=N)CC(=O)O)C(=O)Nc1ccc(C)c(S(=O)N2CCOCC2)c1)c1ccc(F)cc1.C=C(C)c1ccc(F)cc1. The third-order valence-corrected chi connectivity index (χ3v) is 8.34. The number of allylic oxidation sites excluding steroid dienone is 2. The number of nitrogens with one attached hydrogen (secondary N) is 2. The Morgan fingerprint density at radius 1 is 0.977 bits per heavy atom. The van der Waals surface area contributed by atoms with Gasteiger partial charge in [-0.1, -0.05) is 42.5 Å². The maximum absolute atomic E-state index is 13.3. The average molecular weight is 624 g/mol. The van der Waals surface area contributed by atoms with Crippen LogP contribution in [0.5, 0.6) is 0 Å². The number of ether oxygens (including phenoxy) is 1. The molecule has 232 valence electrons. The minimum Gasteiger partial charge on any atom is -0.481 e. The predicted octanol–water partition coefficient (Wildman–Crippen LogP) is 6.25. The highest BCUT2D eigenvalue weighted by Crippen LogP contribution is 2.25. The molecule has 1 saturated heterocycles. The average Bonchev–Trinajstić information content (AvgIpc) is 2.99. The van der Waals surface area contributed by atoms with Crippen LogP contribution in [0.2, 0.25) is 0 Å². The maximum Gasteiger partial charge on any atom is 0.309 e. The molecule has 1 aliphatic heterocycles. The van der Waals surface area contributed by atoms with Crippen molar-refractivity contribution in [3.63, 3.8) is 0 Å². The quantitative estimate of drug-likeness (QED) is 0.192. The second-order valence-electron chi connectivity index (χ2n) is 10.1. The molecular weight excluding hydrogens is 588 g/mol. The molecule has 0 saturated carbocycles. The van der Waals surface area contributed by atoms with Crippen molar-refractivity contribution in [1.82, 2.24) is 4.31 Å². The van der Waals surface area contributed by atoms with E-state index in [9.17, 15) is 22.6 Å². The van der Waals surface area contributed by atoms with Gasteiger partial charge in [-0.25, -0.2) is 17.3 Å². The number of nitrogens with zero attached hydrogens (tertiary/aromatic N) is 1. The second kappa shape index (κ2) is 15.9. The van der Waals surface area contributed by atoms with Crippen LogP contribution in [-0.4, -0.2) is 57.5 Å². The van der Waals surface area contributed by atoms with Gasteiger partial charge in [-0.05, 0) is 79.4 Å². The van der Waals surface area contributed by atoms with Crippen molar-refractivity contribution in [3.05, 3.63) is 107 Å². The van der Waals surface area contributed by atoms with Crippen molar-refractivity contribution in [2.75, 3.05) is 31.6 Å². The van der Waals surface area contributed by atoms with E-state index in [-0.39, 0.29) is 17.1 Å². The summed E-state index contributed by atoms with van der Waals surface area (Å²) < 4.78 is 45.8. The van der Waals surface area contributed by atoms with Crippen molar-refractivity contribution < 1.29 is 32.4 Å². The first-order valence-corrected chi connectivity index (χ1v) is 14.8. The molecule has 3 aromatic carbocycles. The van der Waals surface area contributed by atoms with Crippen LogP contribution in [0.1, 0.15) is 37.0 Å². The molecular formula is C33H35F2N3O5S. The first kappa shape index (κ1) is 34.2. The number of amides is 1. The summed E-state index contributed by atoms with van der Waals surface area (Å²) in [5, 5.41) is 20.1. The Hall–Kier alpha value is -4.32. The number of hydrogen-bond acceptors (Lipinski definition) is 5. The number of carbonyl (C=O) groups is 2. The first-order chi connectivity index (χ1) is 20.9. The third-order valence-electron chi connectivity index (χ3n) is 6.68. The number of morpholine rings is 1. The van der Waals surface area contributed by atoms with Crippen molar-refractivity contribution in [2.24, 2.45) is 0 Å². The molecule has 1 fully saturated rings. The lowest BCUT2D eigenvalue weighted by molar-refractivity contribution is -0.135. The van der Waals surface area contributed by atoms with E-state index in [2.05, 4.69) is 11.9 Å². The summed E-state index contributed by atoms with van der Waals surface area (Å²) in [6.07, 6.45) is -0.651. The fraction of sp³-hybridized carbons (Fsp3) is 0.242. The number of carboxylic acids is 1. The summed E-state index contributed by atoms with van der Waals surface area (Å²) in [5.41, 5.74) is 3.43. The van der Waals surface area contributed by atoms with Crippen molar-refractivity contribution in [1.29, 1.82) is 5.41 Å². The number of hydrogen-bond donors (Lipinski definition) is 3. The molecule has 8 nitrogen and oxygen atoms in total. The number of aryl methyl sites for hydroxylation is 1. The normalized spacial score (nSPS) is 14.4. The zero-order chi connectivity index (χ0) is 32.4. The Morgan fingerprint density at radius 3 is 2.05 bits per heavy atom. The minimum absolute atomic E-state index is 0.120. The summed E-state index contributed by atoms with van der Waals surface area (Å²) in [6, 6.07) is 16.7. The van der Waals surface area contributed by atoms with Crippen LogP contribution in [0, 0.1) is 24.0 Å². The lowest BCUT2D eigenvalue weighted by atomic mass is 9.95. The summed E-state index contributed by atoms with van der Waals surface area (Å²) in [7, 11) is -1.44. The molecule has 4 rings (SSSR count). The molecule has 0 radical (unpaired) electrons. The van der Waals surface area contributed by atoms with Crippen LogP contribution in [0.3, 0.4) is 0 Å². The summed E-state index contributed by atoms with van der Waals surface area (Å²) in [6.45, 7) is 11.1. The Balaban J connectivity index is 0.000000448. The van der Waals surface area contributed by atoms with Gasteiger partial charge in [0.05, 0.1) is 35.8 Å². The van der Waals surface area contributed by atoms with E-state index < -0.39 is 35.1 Å². The predicted molar refractivity (Wildman–Crippen MR) is 169 cm³/mol. The van der Waals surface area contributed by atoms with Crippen molar-refractivity contribution in [3.8, 4) is 0 Å². The van der Waals surface area contributed by atoms with E-state index >= 15 is 0 Å². The lowest BCUT2D eigenvalue weighted by Gasteiger charge is -2.26. The van der Waals surface area contributed by atoms with Crippen LogP contribution < -0.4 is 5.32 Å². The van der Waals surface area contributed by atoms with E-state index in [0.29, 0.717) is 48.0 Å². The standard InChI is InChI=1S/C24H26FN3O5S.C9H9F/c1-15-3-8-19(13-21(15)34(32)28-9-11-33-12-10-28)27-24(31)23(20(26)14-22(29)30)16(2)17-4-6-18(25)7-5-17;1-7(2)8-3-5-9(10)6-4-8/h3-8,13,26H,9-12,14H2,1-2H3,(H,27,31)(H,29,30);3-6H,1H2,2H3/b23-16-,26-20?;. The lowest BCUT2D eigenvalue weighted by Crippen LogP contribution is -2.37. The van der Waals surface area contributed by atoms with Crippen molar-refractivity contribution in [2.45, 2.75) is 32.1 Å². The molecule has 1 aliphatic rings. The van der Waals surface area contributed by atoms with Crippen LogP contribution >= 0.6 is 0 Å². The third kappa shape index (κ3) is 9.60. The molecule has 1 heterocycles. The second-order valence-corrected chi connectivity index (χ2v) is 11.5. The van der Waals surface area contributed by atoms with Crippen molar-refractivity contribution >= 4 is 45.4 Å². The Labute approximate surface area is 258 Å². The number of rotatable bonds is 9. The first-order valence-electron chi connectivity index (χ1n) is 13.7. The number of halogens is 2. The van der Waals surface area contributed by atoms with E-state index in [4.69, 9.17) is 15.3 Å². The van der Waals surface area contributed by atoms with E-state index in [1.807, 2.05) is 13.8 Å². The molecule has 1 atom stereocenters. The molecule has 0 aromatic heterocycles. The molecule has 0 bridgehead atoms. The van der Waals surface area contributed by atoms with Gasteiger partial charge in [-0.15, -0.1) is 0 Å². The van der Waals surface area contributed by atoms with Gasteiger partial charge in [0.1, 0.15) is 22.6 Å². The fourth-order valence-corrected chi connectivity index (χ4v) is 5.59. The topological polar surface area (TPSA) is 120 Å². The van der Waals surface area contributed by atoms with Gasteiger partial charge in [-0.3, -0.25) is 9.59 Å². The van der Waals surface area contributed by atoms with Gasteiger partial charge in [-0.2, -0.15) is 0 Å². The van der Waals surface area contributed by atoms with Crippen LogP contribution in [0.25, 0.3) is 11.1 Å². The van der Waals surface area contributed by atoms with Gasteiger partial charge >= 0.3 is 5.97 Å². The van der Waals surface area contributed by atoms with Crippen LogP contribution in [0.4, 0.5) is 14.5 Å². The van der Waals surface area contributed by atoms with Gasteiger partial charge in [0.25, 0.3) is 5.91 Å². The highest BCUT2D eigenvalue weighted by atomic mass is 32.2. The summed E-state index contributed by atoms with van der Waals surface area (Å²) >= 11 is 0. The Bertz CT molecular complexity index is 1580. The van der Waals surface area contributed by atoms with Gasteiger partial charge in [0, 0.05) is 18.8 Å². The number of aliphatic carboxylic acids is 1. The van der Waals surface area contributed by atoms with Crippen LogP contribution in [-0.2, 0) is 25.3 Å². The fourth-order valence-electron chi connectivity index (χ4n) is 4.26. The van der Waals surface area contributed by atoms with E-state index in [1.54, 1.807) is 41.6 Å². The highest BCUT2D eigenvalue weighted by molar-refractivity contribution is 7.82. The molecule has 1 unspecified atom stereocenters. The zero-order valence-corrected chi connectivity index (χ0v) is 25.6. The number of carbonyl (C=O) groups excluding carboxylic acids is 1. The number of carboxylic acid groups (broad SMARTS) is 1. The molecule has 0 aliphatic carbocycles. The Kier molecular flexibility index (Phi) is 12.4. The monoisotopic (exact) mass is 623 g/mol. The van der Waals surface area contributed by atoms with Gasteiger partial charge in [0.15, 0.2) is 0 Å². The maximum atomic E-state index is 13.3.